The van der Waals surface area contributed by atoms with Crippen molar-refractivity contribution in [3.63, 3.8) is 0 Å². The number of thioether (sulfide) groups is 1. The van der Waals surface area contributed by atoms with Gasteiger partial charge in [0.2, 0.25) is 15.9 Å². The number of sulfonamides is 1. The third kappa shape index (κ3) is 4.36. The van der Waals surface area contributed by atoms with Gasteiger partial charge in [-0.3, -0.25) is 4.79 Å². The molecule has 0 saturated heterocycles. The molecule has 1 amide bonds. The number of nitrogens with zero attached hydrogens (tertiary/aromatic N) is 1. The van der Waals surface area contributed by atoms with Crippen molar-refractivity contribution in [2.24, 2.45) is 5.14 Å². The first kappa shape index (κ1) is 18.7. The number of primary sulfonamides is 1. The predicted octanol–water partition coefficient (Wildman–Crippen LogP) is 2.90. The Morgan fingerprint density at radius 3 is 2.81 bits per heavy atom. The molecular formula is C16H15ClN4O3S2. The summed E-state index contributed by atoms with van der Waals surface area (Å²) in [6.45, 7) is 1.63. The van der Waals surface area contributed by atoms with E-state index in [-0.39, 0.29) is 16.6 Å². The smallest absolute Gasteiger partial charge is 0.238 e. The third-order valence-corrected chi connectivity index (χ3v) is 5.70. The first-order valence-electron chi connectivity index (χ1n) is 7.44. The van der Waals surface area contributed by atoms with Crippen LogP contribution in [0.15, 0.2) is 46.5 Å². The molecule has 3 rings (SSSR count). The molecule has 0 bridgehead atoms. The van der Waals surface area contributed by atoms with E-state index in [2.05, 4.69) is 15.3 Å². The number of imidazole rings is 1. The first-order valence-corrected chi connectivity index (χ1v) is 10.3. The van der Waals surface area contributed by atoms with Crippen molar-refractivity contribution in [2.45, 2.75) is 17.0 Å². The van der Waals surface area contributed by atoms with Crippen molar-refractivity contribution in [1.29, 1.82) is 0 Å². The third-order valence-electron chi connectivity index (χ3n) is 3.54. The Hall–Kier alpha value is -2.07. The number of nitrogens with two attached hydrogens (primary N) is 1. The van der Waals surface area contributed by atoms with Crippen molar-refractivity contribution in [1.82, 2.24) is 9.97 Å². The number of aryl methyl sites for hydroxylation is 1. The van der Waals surface area contributed by atoms with E-state index in [1.807, 2.05) is 0 Å². The molecule has 4 N–H and O–H groups in total. The largest absolute Gasteiger partial charge is 0.333 e. The molecule has 0 unspecified atom stereocenters. The molecule has 2 aromatic carbocycles. The molecule has 0 radical (unpaired) electrons. The molecule has 136 valence electrons. The van der Waals surface area contributed by atoms with Crippen LogP contribution in [0.25, 0.3) is 11.0 Å². The molecule has 26 heavy (non-hydrogen) atoms. The van der Waals surface area contributed by atoms with E-state index in [1.165, 1.54) is 17.8 Å². The Balaban J connectivity index is 1.67. The van der Waals surface area contributed by atoms with Crippen molar-refractivity contribution in [3.05, 3.63) is 47.0 Å². The maximum absolute atomic E-state index is 12.1. The van der Waals surface area contributed by atoms with E-state index in [4.69, 9.17) is 16.7 Å². The number of hydrogen-bond acceptors (Lipinski definition) is 5. The number of nitrogens with one attached hydrogen (secondary N) is 2. The monoisotopic (exact) mass is 410 g/mol. The maximum atomic E-state index is 12.1. The van der Waals surface area contributed by atoms with Crippen LogP contribution < -0.4 is 10.5 Å². The predicted molar refractivity (Wildman–Crippen MR) is 103 cm³/mol. The number of H-pyrrole nitrogens is 1. The molecule has 0 fully saturated rings. The number of halogens is 1. The standard InChI is InChI=1S/C16H15ClN4O3S2/c1-9-2-4-11(7-14(9)26(18,23)24)19-15(22)8-25-16-20-12-5-3-10(17)6-13(12)21-16/h2-7H,8H2,1H3,(H,19,22)(H,20,21)(H2,18,23,24). The van der Waals surface area contributed by atoms with Gasteiger partial charge in [-0.05, 0) is 42.8 Å². The second kappa shape index (κ2) is 7.28. The Kier molecular flexibility index (Phi) is 5.24. The fraction of sp³-hybridized carbons (Fsp3) is 0.125. The second-order valence-corrected chi connectivity index (χ2v) is 8.50. The fourth-order valence-corrected chi connectivity index (χ4v) is 4.01. The number of benzene rings is 2. The van der Waals surface area contributed by atoms with Crippen LogP contribution in [0.2, 0.25) is 5.02 Å². The van der Waals surface area contributed by atoms with E-state index in [9.17, 15) is 13.2 Å². The SMILES string of the molecule is Cc1ccc(NC(=O)CSc2nc3ccc(Cl)cc3[nH]2)cc1S(N)(=O)=O. The molecule has 3 aromatic rings. The summed E-state index contributed by atoms with van der Waals surface area (Å²) in [7, 11) is -3.85. The first-order chi connectivity index (χ1) is 12.2. The summed E-state index contributed by atoms with van der Waals surface area (Å²) < 4.78 is 23.1. The normalized spacial score (nSPS) is 11.7. The second-order valence-electron chi connectivity index (χ2n) is 5.57. The lowest BCUT2D eigenvalue weighted by Crippen LogP contribution is -2.17. The number of aromatic nitrogens is 2. The van der Waals surface area contributed by atoms with Gasteiger partial charge in [-0.15, -0.1) is 0 Å². The molecule has 0 aliphatic heterocycles. The summed E-state index contributed by atoms with van der Waals surface area (Å²) in [5.74, 6) is -0.190. The van der Waals surface area contributed by atoms with Gasteiger partial charge < -0.3 is 10.3 Å². The Morgan fingerprint density at radius 1 is 1.31 bits per heavy atom. The molecule has 1 aromatic heterocycles. The molecule has 10 heteroatoms. The zero-order valence-corrected chi connectivity index (χ0v) is 16.0. The summed E-state index contributed by atoms with van der Waals surface area (Å²) in [6, 6.07) is 9.85. The number of carbonyl (C=O) groups excluding carboxylic acids is 1. The number of anilines is 1. The van der Waals surface area contributed by atoms with E-state index in [0.717, 1.165) is 11.0 Å². The zero-order chi connectivity index (χ0) is 18.9. The van der Waals surface area contributed by atoms with Crippen LogP contribution in [0.4, 0.5) is 5.69 Å². The van der Waals surface area contributed by atoms with Gasteiger partial charge in [0.05, 0.1) is 21.7 Å². The van der Waals surface area contributed by atoms with Gasteiger partial charge in [0.1, 0.15) is 0 Å². The highest BCUT2D eigenvalue weighted by atomic mass is 35.5. The van der Waals surface area contributed by atoms with Gasteiger partial charge >= 0.3 is 0 Å². The molecule has 0 aliphatic carbocycles. The van der Waals surface area contributed by atoms with Gasteiger partial charge in [0, 0.05) is 10.7 Å². The summed E-state index contributed by atoms with van der Waals surface area (Å²) >= 11 is 7.16. The molecular weight excluding hydrogens is 396 g/mol. The van der Waals surface area contributed by atoms with Crippen LogP contribution in [0, 0.1) is 6.92 Å². The number of fused-ring (bicyclic) bond motifs is 1. The number of hydrogen-bond donors (Lipinski definition) is 3. The van der Waals surface area contributed by atoms with Crippen LogP contribution in [0.1, 0.15) is 5.56 Å². The summed E-state index contributed by atoms with van der Waals surface area (Å²) in [5, 5.41) is 9.01. The quantitative estimate of drug-likeness (QED) is 0.559. The number of carbonyl (C=O) groups is 1. The van der Waals surface area contributed by atoms with Crippen molar-refractivity contribution < 1.29 is 13.2 Å². The van der Waals surface area contributed by atoms with E-state index < -0.39 is 10.0 Å². The fourth-order valence-electron chi connectivity index (χ4n) is 2.34. The van der Waals surface area contributed by atoms with Crippen molar-refractivity contribution in [3.8, 4) is 0 Å². The highest BCUT2D eigenvalue weighted by Gasteiger charge is 2.14. The molecule has 0 spiro atoms. The highest BCUT2D eigenvalue weighted by Crippen LogP contribution is 2.23. The minimum Gasteiger partial charge on any atom is -0.333 e. The molecule has 0 atom stereocenters. The van der Waals surface area contributed by atoms with E-state index >= 15 is 0 Å². The Morgan fingerprint density at radius 2 is 2.08 bits per heavy atom. The van der Waals surface area contributed by atoms with Gasteiger partial charge in [-0.25, -0.2) is 18.5 Å². The molecule has 0 saturated carbocycles. The minimum atomic E-state index is -3.85. The summed E-state index contributed by atoms with van der Waals surface area (Å²) in [5.41, 5.74) is 2.42. The average Bonchev–Trinajstić information content (AvgIpc) is 2.95. The summed E-state index contributed by atoms with van der Waals surface area (Å²) in [4.78, 5) is 19.6. The highest BCUT2D eigenvalue weighted by molar-refractivity contribution is 7.99. The topological polar surface area (TPSA) is 118 Å². The molecule has 0 aliphatic rings. The number of amides is 1. The average molecular weight is 411 g/mol. The number of rotatable bonds is 5. The summed E-state index contributed by atoms with van der Waals surface area (Å²) in [6.07, 6.45) is 0. The van der Waals surface area contributed by atoms with Crippen LogP contribution >= 0.6 is 23.4 Å². The maximum Gasteiger partial charge on any atom is 0.238 e. The molecule has 7 nitrogen and oxygen atoms in total. The van der Waals surface area contributed by atoms with Crippen LogP contribution in [0.3, 0.4) is 0 Å². The lowest BCUT2D eigenvalue weighted by Gasteiger charge is -2.08. The minimum absolute atomic E-state index is 0.0166. The Labute approximate surface area is 159 Å². The van der Waals surface area contributed by atoms with Crippen molar-refractivity contribution >= 4 is 56.0 Å². The van der Waals surface area contributed by atoms with Crippen molar-refractivity contribution in [2.75, 3.05) is 11.1 Å². The van der Waals surface area contributed by atoms with Gasteiger partial charge in [0.15, 0.2) is 5.16 Å². The Bertz CT molecular complexity index is 1100. The van der Waals surface area contributed by atoms with E-state index in [1.54, 1.807) is 37.3 Å². The number of aromatic amines is 1. The van der Waals surface area contributed by atoms with Gasteiger partial charge in [0.25, 0.3) is 0 Å². The van der Waals surface area contributed by atoms with Gasteiger partial charge in [-0.1, -0.05) is 29.4 Å². The zero-order valence-electron chi connectivity index (χ0n) is 13.6. The van der Waals surface area contributed by atoms with E-state index in [0.29, 0.717) is 21.4 Å². The van der Waals surface area contributed by atoms with Crippen LogP contribution in [0.5, 0.6) is 0 Å². The molecule has 1 heterocycles. The lowest BCUT2D eigenvalue weighted by atomic mass is 10.2. The van der Waals surface area contributed by atoms with Crippen LogP contribution in [-0.2, 0) is 14.8 Å². The lowest BCUT2D eigenvalue weighted by molar-refractivity contribution is -0.113. The van der Waals surface area contributed by atoms with Crippen LogP contribution in [-0.4, -0.2) is 30.0 Å². The van der Waals surface area contributed by atoms with Gasteiger partial charge in [-0.2, -0.15) is 0 Å².